The predicted octanol–water partition coefficient (Wildman–Crippen LogP) is 6.34. The van der Waals surface area contributed by atoms with Gasteiger partial charge in [-0.2, -0.15) is 13.2 Å². The Hall–Kier alpha value is -4.55. The van der Waals surface area contributed by atoms with Crippen molar-refractivity contribution in [1.82, 2.24) is 10.2 Å². The van der Waals surface area contributed by atoms with Crippen LogP contribution in [0.15, 0.2) is 108 Å². The Morgan fingerprint density at radius 2 is 1.53 bits per heavy atom. The summed E-state index contributed by atoms with van der Waals surface area (Å²) in [5.41, 5.74) is -0.413. The molecule has 13 heteroatoms. The van der Waals surface area contributed by atoms with Crippen molar-refractivity contribution in [3.8, 4) is 5.75 Å². The number of halogens is 4. The van der Waals surface area contributed by atoms with Gasteiger partial charge in [0, 0.05) is 19.5 Å². The number of hydrogen-bond donors (Lipinski definition) is 1. The van der Waals surface area contributed by atoms with Gasteiger partial charge in [-0.15, -0.1) is 0 Å². The van der Waals surface area contributed by atoms with Crippen molar-refractivity contribution in [1.29, 1.82) is 0 Å². The Bertz CT molecular complexity index is 1790. The van der Waals surface area contributed by atoms with Crippen LogP contribution in [0.25, 0.3) is 0 Å². The number of alkyl halides is 3. The number of benzene rings is 4. The first-order chi connectivity index (χ1) is 22.3. The van der Waals surface area contributed by atoms with Crippen molar-refractivity contribution < 1.29 is 35.9 Å². The average Bonchev–Trinajstić information content (AvgIpc) is 3.06. The third-order valence-electron chi connectivity index (χ3n) is 7.26. The Morgan fingerprint density at radius 1 is 0.894 bits per heavy atom. The molecule has 0 bridgehead atoms. The van der Waals surface area contributed by atoms with Gasteiger partial charge in [-0.25, -0.2) is 8.42 Å². The average molecular weight is 688 g/mol. The van der Waals surface area contributed by atoms with Crippen molar-refractivity contribution in [3.05, 3.63) is 125 Å². The van der Waals surface area contributed by atoms with Crippen LogP contribution in [0.2, 0.25) is 5.02 Å². The molecule has 248 valence electrons. The molecule has 0 saturated carbocycles. The first-order valence-corrected chi connectivity index (χ1v) is 16.4. The Kier molecular flexibility index (Phi) is 11.5. The molecule has 1 N–H and O–H groups in total. The molecule has 0 spiro atoms. The topological polar surface area (TPSA) is 96.0 Å². The summed E-state index contributed by atoms with van der Waals surface area (Å²) in [4.78, 5) is 29.0. The molecule has 0 aliphatic carbocycles. The fourth-order valence-corrected chi connectivity index (χ4v) is 6.64. The van der Waals surface area contributed by atoms with E-state index in [1.54, 1.807) is 67.6 Å². The molecule has 4 aromatic carbocycles. The highest BCUT2D eigenvalue weighted by Gasteiger charge is 2.37. The third-order valence-corrected chi connectivity index (χ3v) is 9.35. The van der Waals surface area contributed by atoms with Crippen LogP contribution in [0.5, 0.6) is 5.75 Å². The highest BCUT2D eigenvalue weighted by atomic mass is 35.5. The first kappa shape index (κ1) is 35.3. The highest BCUT2D eigenvalue weighted by molar-refractivity contribution is 7.92. The lowest BCUT2D eigenvalue weighted by molar-refractivity contribution is -0.140. The summed E-state index contributed by atoms with van der Waals surface area (Å²) in [7, 11) is -3.18. The van der Waals surface area contributed by atoms with Gasteiger partial charge >= 0.3 is 6.18 Å². The number of nitrogens with zero attached hydrogens (tertiary/aromatic N) is 2. The maximum atomic E-state index is 14.4. The summed E-state index contributed by atoms with van der Waals surface area (Å²) >= 11 is 6.35. The van der Waals surface area contributed by atoms with Gasteiger partial charge in [0.1, 0.15) is 18.3 Å². The van der Waals surface area contributed by atoms with E-state index in [0.29, 0.717) is 21.7 Å². The molecule has 0 aromatic heterocycles. The molecule has 0 aliphatic rings. The minimum atomic E-state index is -4.83. The largest absolute Gasteiger partial charge is 0.497 e. The maximum Gasteiger partial charge on any atom is 0.416 e. The Morgan fingerprint density at radius 3 is 2.15 bits per heavy atom. The summed E-state index contributed by atoms with van der Waals surface area (Å²) in [5.74, 6) is -0.869. The number of carbonyl (C=O) groups excluding carboxylic acids is 2. The van der Waals surface area contributed by atoms with E-state index < -0.39 is 51.9 Å². The first-order valence-electron chi connectivity index (χ1n) is 14.5. The fraction of sp³-hybridized carbons (Fsp3) is 0.235. The molecule has 4 aromatic rings. The number of nitrogens with one attached hydrogen (secondary N) is 1. The van der Waals surface area contributed by atoms with Crippen LogP contribution in [0, 0.1) is 0 Å². The molecule has 1 atom stereocenters. The van der Waals surface area contributed by atoms with Crippen LogP contribution < -0.4 is 14.4 Å². The van der Waals surface area contributed by atoms with E-state index >= 15 is 0 Å². The zero-order valence-corrected chi connectivity index (χ0v) is 27.1. The normalized spacial score (nSPS) is 12.2. The number of amides is 2. The molecule has 8 nitrogen and oxygen atoms in total. The van der Waals surface area contributed by atoms with E-state index in [4.69, 9.17) is 16.3 Å². The summed E-state index contributed by atoms with van der Waals surface area (Å²) in [6.45, 7) is 0.850. The van der Waals surface area contributed by atoms with Gasteiger partial charge in [-0.1, -0.05) is 72.3 Å². The van der Waals surface area contributed by atoms with E-state index in [-0.39, 0.29) is 29.4 Å². The summed E-state index contributed by atoms with van der Waals surface area (Å²) in [6, 6.07) is 23.8. The van der Waals surface area contributed by atoms with Crippen LogP contribution in [0.1, 0.15) is 23.6 Å². The molecule has 0 aliphatic heterocycles. The van der Waals surface area contributed by atoms with Gasteiger partial charge in [0.15, 0.2) is 0 Å². The van der Waals surface area contributed by atoms with E-state index in [9.17, 15) is 31.2 Å². The van der Waals surface area contributed by atoms with E-state index in [1.807, 2.05) is 0 Å². The summed E-state index contributed by atoms with van der Waals surface area (Å²) < 4.78 is 75.4. The van der Waals surface area contributed by atoms with Crippen molar-refractivity contribution in [2.24, 2.45) is 0 Å². The standard InChI is InChI=1S/C34H33ClF3N3O5S/c1-3-39-33(43)31(20-24-11-6-4-7-12-24)40(22-25-13-10-14-27(19-25)46-2)32(42)23-41(47(44,45)28-15-8-5-9-16-28)30-21-26(34(36,37)38)17-18-29(30)35/h4-19,21,31H,3,20,22-23H2,1-2H3,(H,39,43)/t31-/m0/s1. The van der Waals surface area contributed by atoms with Crippen molar-refractivity contribution in [3.63, 3.8) is 0 Å². The van der Waals surface area contributed by atoms with E-state index in [1.165, 1.54) is 36.3 Å². The second kappa shape index (κ2) is 15.4. The number of ether oxygens (including phenoxy) is 1. The monoisotopic (exact) mass is 687 g/mol. The predicted molar refractivity (Wildman–Crippen MR) is 174 cm³/mol. The number of hydrogen-bond acceptors (Lipinski definition) is 5. The van der Waals surface area contributed by atoms with E-state index in [2.05, 4.69) is 5.32 Å². The smallest absolute Gasteiger partial charge is 0.416 e. The van der Waals surface area contributed by atoms with Crippen molar-refractivity contribution >= 4 is 39.1 Å². The van der Waals surface area contributed by atoms with Gasteiger partial charge in [0.2, 0.25) is 11.8 Å². The number of carbonyl (C=O) groups is 2. The number of sulfonamides is 1. The lowest BCUT2D eigenvalue weighted by Crippen LogP contribution is -2.53. The van der Waals surface area contributed by atoms with Crippen LogP contribution in [0.3, 0.4) is 0 Å². The number of rotatable bonds is 13. The minimum Gasteiger partial charge on any atom is -0.497 e. The SMILES string of the molecule is CCNC(=O)[C@H](Cc1ccccc1)N(Cc1cccc(OC)c1)C(=O)CN(c1cc(C(F)(F)F)ccc1Cl)S(=O)(=O)c1ccccc1. The molecule has 4 rings (SSSR count). The number of likely N-dealkylation sites (N-methyl/N-ethyl adjacent to an activating group) is 1. The zero-order valence-electron chi connectivity index (χ0n) is 25.6. The molecule has 47 heavy (non-hydrogen) atoms. The summed E-state index contributed by atoms with van der Waals surface area (Å²) in [5, 5.41) is 2.42. The van der Waals surface area contributed by atoms with Gasteiger partial charge in [0.05, 0.1) is 28.3 Å². The Labute approximate surface area is 276 Å². The molecule has 2 amide bonds. The number of methoxy groups -OCH3 is 1. The molecule has 0 fully saturated rings. The Balaban J connectivity index is 1.87. The van der Waals surface area contributed by atoms with Crippen LogP contribution in [0.4, 0.5) is 18.9 Å². The van der Waals surface area contributed by atoms with Crippen LogP contribution in [-0.2, 0) is 38.8 Å². The van der Waals surface area contributed by atoms with Gasteiger partial charge in [-0.3, -0.25) is 13.9 Å². The van der Waals surface area contributed by atoms with Crippen molar-refractivity contribution in [2.45, 2.75) is 37.0 Å². The minimum absolute atomic E-state index is 0.0676. The lowest BCUT2D eigenvalue weighted by atomic mass is 10.0. The zero-order chi connectivity index (χ0) is 34.2. The molecule has 0 radical (unpaired) electrons. The van der Waals surface area contributed by atoms with Gasteiger partial charge in [-0.05, 0) is 60.5 Å². The van der Waals surface area contributed by atoms with Crippen LogP contribution >= 0.6 is 11.6 Å². The van der Waals surface area contributed by atoms with Crippen molar-refractivity contribution in [2.75, 3.05) is 24.5 Å². The third kappa shape index (κ3) is 8.83. The number of anilines is 1. The maximum absolute atomic E-state index is 14.4. The second-order valence-corrected chi connectivity index (χ2v) is 12.7. The molecular weight excluding hydrogens is 655 g/mol. The lowest BCUT2D eigenvalue weighted by Gasteiger charge is -2.34. The highest BCUT2D eigenvalue weighted by Crippen LogP contribution is 2.37. The molecule has 0 heterocycles. The van der Waals surface area contributed by atoms with E-state index in [0.717, 1.165) is 17.7 Å². The second-order valence-electron chi connectivity index (χ2n) is 10.5. The summed E-state index contributed by atoms with van der Waals surface area (Å²) in [6.07, 6.45) is -4.76. The molecule has 0 unspecified atom stereocenters. The van der Waals surface area contributed by atoms with Gasteiger partial charge in [0.25, 0.3) is 10.0 Å². The van der Waals surface area contributed by atoms with Crippen LogP contribution in [-0.4, -0.2) is 51.4 Å². The van der Waals surface area contributed by atoms with Gasteiger partial charge < -0.3 is 15.0 Å². The quantitative estimate of drug-likeness (QED) is 0.177. The molecule has 0 saturated heterocycles. The molecular formula is C34H33ClF3N3O5S. The fourth-order valence-electron chi connectivity index (χ4n) is 4.93.